The zero-order valence-electron chi connectivity index (χ0n) is 9.61. The van der Waals surface area contributed by atoms with Crippen molar-refractivity contribution in [3.05, 3.63) is 0 Å². The fourth-order valence-corrected chi connectivity index (χ4v) is 2.24. The van der Waals surface area contributed by atoms with E-state index < -0.39 is 18.6 Å². The van der Waals surface area contributed by atoms with Gasteiger partial charge in [-0.15, -0.1) is 0 Å². The zero-order chi connectivity index (χ0) is 12.2. The Morgan fingerprint density at radius 1 is 1.38 bits per heavy atom. The van der Waals surface area contributed by atoms with Gasteiger partial charge < -0.3 is 10.4 Å². The molecule has 2 nitrogen and oxygen atoms in total. The summed E-state index contributed by atoms with van der Waals surface area (Å²) in [4.78, 5) is 0. The molecule has 1 fully saturated rings. The minimum Gasteiger partial charge on any atom is -0.396 e. The molecule has 1 saturated carbocycles. The largest absolute Gasteiger partial charge is 0.396 e. The lowest BCUT2D eigenvalue weighted by Crippen LogP contribution is -2.44. The van der Waals surface area contributed by atoms with Gasteiger partial charge in [-0.25, -0.2) is 0 Å². The highest BCUT2D eigenvalue weighted by atomic mass is 19.4. The summed E-state index contributed by atoms with van der Waals surface area (Å²) in [5, 5.41) is 11.8. The van der Waals surface area contributed by atoms with Gasteiger partial charge in [-0.05, 0) is 31.6 Å². The molecule has 1 rings (SSSR count). The highest BCUT2D eigenvalue weighted by molar-refractivity contribution is 4.90. The smallest absolute Gasteiger partial charge is 0.390 e. The van der Waals surface area contributed by atoms with Crippen LogP contribution in [0.2, 0.25) is 0 Å². The molecule has 0 aromatic rings. The average molecular weight is 239 g/mol. The summed E-state index contributed by atoms with van der Waals surface area (Å²) in [5.41, 5.74) is 0.0502. The number of aliphatic hydroxyl groups is 1. The second kappa shape index (κ2) is 5.36. The van der Waals surface area contributed by atoms with Gasteiger partial charge in [-0.1, -0.05) is 6.42 Å². The molecule has 1 unspecified atom stereocenters. The Labute approximate surface area is 94.2 Å². The number of nitrogens with one attached hydrogen (secondary N) is 1. The van der Waals surface area contributed by atoms with E-state index >= 15 is 0 Å². The van der Waals surface area contributed by atoms with Gasteiger partial charge in [0.15, 0.2) is 0 Å². The summed E-state index contributed by atoms with van der Waals surface area (Å²) in [6.45, 7) is 2.26. The lowest BCUT2D eigenvalue weighted by Gasteiger charge is -2.42. The van der Waals surface area contributed by atoms with Crippen LogP contribution >= 0.6 is 0 Å². The number of halogens is 3. The normalized spacial score (nSPS) is 21.6. The Kier molecular flexibility index (Phi) is 4.62. The lowest BCUT2D eigenvalue weighted by atomic mass is 9.66. The fourth-order valence-electron chi connectivity index (χ4n) is 2.24. The SMILES string of the molecule is CC(CC(F)(F)F)NCC1(CCO)CCC1. The van der Waals surface area contributed by atoms with E-state index in [4.69, 9.17) is 5.11 Å². The van der Waals surface area contributed by atoms with Crippen LogP contribution in [0.3, 0.4) is 0 Å². The van der Waals surface area contributed by atoms with E-state index in [0.29, 0.717) is 13.0 Å². The van der Waals surface area contributed by atoms with Crippen molar-refractivity contribution in [2.24, 2.45) is 5.41 Å². The Morgan fingerprint density at radius 2 is 2.00 bits per heavy atom. The van der Waals surface area contributed by atoms with Gasteiger partial charge in [0.05, 0.1) is 6.42 Å². The van der Waals surface area contributed by atoms with Crippen LogP contribution in [0, 0.1) is 5.41 Å². The molecule has 0 aromatic heterocycles. The molecule has 16 heavy (non-hydrogen) atoms. The standard InChI is InChI=1S/C11H20F3NO/c1-9(7-11(12,13)14)15-8-10(5-6-16)3-2-4-10/h9,15-16H,2-8H2,1H3. The van der Waals surface area contributed by atoms with E-state index in [1.54, 1.807) is 6.92 Å². The molecule has 0 amide bonds. The summed E-state index contributed by atoms with van der Waals surface area (Å²) in [6, 6.07) is -0.545. The summed E-state index contributed by atoms with van der Waals surface area (Å²) >= 11 is 0. The first-order valence-corrected chi connectivity index (χ1v) is 5.78. The molecular formula is C11H20F3NO. The highest BCUT2D eigenvalue weighted by Crippen LogP contribution is 2.43. The minimum absolute atomic E-state index is 0.0502. The van der Waals surface area contributed by atoms with Crippen LogP contribution < -0.4 is 5.32 Å². The zero-order valence-corrected chi connectivity index (χ0v) is 9.61. The number of aliphatic hydroxyl groups excluding tert-OH is 1. The van der Waals surface area contributed by atoms with Crippen LogP contribution in [0.1, 0.15) is 39.0 Å². The maximum absolute atomic E-state index is 12.1. The van der Waals surface area contributed by atoms with Crippen molar-refractivity contribution in [1.82, 2.24) is 5.32 Å². The Morgan fingerprint density at radius 3 is 2.38 bits per heavy atom. The van der Waals surface area contributed by atoms with E-state index in [1.807, 2.05) is 0 Å². The second-order valence-electron chi connectivity index (χ2n) is 4.93. The molecule has 96 valence electrons. The van der Waals surface area contributed by atoms with Crippen LogP contribution in [0.5, 0.6) is 0 Å². The van der Waals surface area contributed by atoms with Gasteiger partial charge in [-0.2, -0.15) is 13.2 Å². The van der Waals surface area contributed by atoms with Gasteiger partial charge in [0.1, 0.15) is 0 Å². The van der Waals surface area contributed by atoms with E-state index in [0.717, 1.165) is 19.3 Å². The molecule has 0 heterocycles. The van der Waals surface area contributed by atoms with Crippen molar-refractivity contribution < 1.29 is 18.3 Å². The van der Waals surface area contributed by atoms with Crippen molar-refractivity contribution >= 4 is 0 Å². The van der Waals surface area contributed by atoms with Crippen molar-refractivity contribution in [3.8, 4) is 0 Å². The first-order chi connectivity index (χ1) is 7.37. The third-order valence-electron chi connectivity index (χ3n) is 3.42. The Balaban J connectivity index is 2.27. The molecule has 1 atom stereocenters. The molecule has 5 heteroatoms. The molecular weight excluding hydrogens is 219 g/mol. The van der Waals surface area contributed by atoms with Gasteiger partial charge in [0.2, 0.25) is 0 Å². The topological polar surface area (TPSA) is 32.3 Å². The monoisotopic (exact) mass is 239 g/mol. The van der Waals surface area contributed by atoms with E-state index in [-0.39, 0.29) is 12.0 Å². The third kappa shape index (κ3) is 4.29. The van der Waals surface area contributed by atoms with Crippen LogP contribution in [-0.2, 0) is 0 Å². The highest BCUT2D eigenvalue weighted by Gasteiger charge is 2.37. The minimum atomic E-state index is -4.10. The second-order valence-corrected chi connectivity index (χ2v) is 4.93. The molecule has 0 saturated heterocycles. The molecule has 0 radical (unpaired) electrons. The quantitative estimate of drug-likeness (QED) is 0.746. The molecule has 0 aliphatic heterocycles. The van der Waals surface area contributed by atoms with Crippen LogP contribution in [-0.4, -0.2) is 30.5 Å². The summed E-state index contributed by atoms with van der Waals surface area (Å²) in [7, 11) is 0. The Hall–Kier alpha value is -0.290. The van der Waals surface area contributed by atoms with E-state index in [1.165, 1.54) is 0 Å². The molecule has 2 N–H and O–H groups in total. The van der Waals surface area contributed by atoms with E-state index in [9.17, 15) is 13.2 Å². The number of alkyl halides is 3. The first kappa shape index (κ1) is 13.8. The van der Waals surface area contributed by atoms with Crippen molar-refractivity contribution in [3.63, 3.8) is 0 Å². The van der Waals surface area contributed by atoms with Crippen LogP contribution in [0.15, 0.2) is 0 Å². The van der Waals surface area contributed by atoms with Gasteiger partial charge in [0.25, 0.3) is 0 Å². The molecule has 1 aliphatic rings. The van der Waals surface area contributed by atoms with Gasteiger partial charge >= 0.3 is 6.18 Å². The fraction of sp³-hybridized carbons (Fsp3) is 1.00. The van der Waals surface area contributed by atoms with Crippen LogP contribution in [0.4, 0.5) is 13.2 Å². The Bertz CT molecular complexity index is 214. The number of rotatable bonds is 6. The molecule has 1 aliphatic carbocycles. The maximum atomic E-state index is 12.1. The molecule has 0 spiro atoms. The van der Waals surface area contributed by atoms with Crippen molar-refractivity contribution in [2.45, 2.75) is 51.2 Å². The van der Waals surface area contributed by atoms with Crippen LogP contribution in [0.25, 0.3) is 0 Å². The number of hydrogen-bond acceptors (Lipinski definition) is 2. The predicted octanol–water partition coefficient (Wildman–Crippen LogP) is 2.47. The van der Waals surface area contributed by atoms with E-state index in [2.05, 4.69) is 5.32 Å². The lowest BCUT2D eigenvalue weighted by molar-refractivity contribution is -0.139. The third-order valence-corrected chi connectivity index (χ3v) is 3.42. The van der Waals surface area contributed by atoms with Gasteiger partial charge in [-0.3, -0.25) is 0 Å². The number of hydrogen-bond donors (Lipinski definition) is 2. The first-order valence-electron chi connectivity index (χ1n) is 5.78. The average Bonchev–Trinajstić information content (AvgIpc) is 2.06. The van der Waals surface area contributed by atoms with Gasteiger partial charge in [0, 0.05) is 19.2 Å². The summed E-state index contributed by atoms with van der Waals surface area (Å²) < 4.78 is 36.3. The van der Waals surface area contributed by atoms with Crippen molar-refractivity contribution in [2.75, 3.05) is 13.2 Å². The molecule has 0 aromatic carbocycles. The van der Waals surface area contributed by atoms with Crippen molar-refractivity contribution in [1.29, 1.82) is 0 Å². The predicted molar refractivity (Wildman–Crippen MR) is 56.1 cm³/mol. The summed E-state index contributed by atoms with van der Waals surface area (Å²) in [6.07, 6.45) is -1.05. The summed E-state index contributed by atoms with van der Waals surface area (Å²) in [5.74, 6) is 0. The molecule has 0 bridgehead atoms. The maximum Gasteiger partial charge on any atom is 0.390 e.